The lowest BCUT2D eigenvalue weighted by Crippen LogP contribution is -2.33. The zero-order valence-corrected chi connectivity index (χ0v) is 11.8. The maximum absolute atomic E-state index is 10.7. The van der Waals surface area contributed by atoms with Crippen LogP contribution in [0.4, 0.5) is 0 Å². The number of aryl methyl sites for hydroxylation is 1. The Labute approximate surface area is 117 Å². The van der Waals surface area contributed by atoms with Crippen molar-refractivity contribution in [3.05, 3.63) is 42.0 Å². The maximum Gasteiger partial charge on any atom is 0.125 e. The molecule has 20 heavy (non-hydrogen) atoms. The summed E-state index contributed by atoms with van der Waals surface area (Å²) in [5.41, 5.74) is 0.746. The molecule has 2 heterocycles. The Kier molecular flexibility index (Phi) is 3.14. The van der Waals surface area contributed by atoms with Crippen LogP contribution in [0.3, 0.4) is 0 Å². The Morgan fingerprint density at radius 2 is 2.20 bits per heavy atom. The van der Waals surface area contributed by atoms with E-state index in [0.717, 1.165) is 11.4 Å². The second-order valence-electron chi connectivity index (χ2n) is 5.09. The van der Waals surface area contributed by atoms with E-state index in [1.54, 1.807) is 13.3 Å². The SMILES string of the molecule is COc1ccc2c(c1)[C@@H](O)[C@H](c1nccn1C)[C@@H](C)O2. The van der Waals surface area contributed by atoms with Gasteiger partial charge >= 0.3 is 0 Å². The number of aliphatic hydroxyl groups is 1. The van der Waals surface area contributed by atoms with Gasteiger partial charge in [0.05, 0.1) is 19.1 Å². The van der Waals surface area contributed by atoms with Crippen molar-refractivity contribution < 1.29 is 14.6 Å². The number of hydrogen-bond donors (Lipinski definition) is 1. The highest BCUT2D eigenvalue weighted by Crippen LogP contribution is 2.44. The maximum atomic E-state index is 10.7. The van der Waals surface area contributed by atoms with Gasteiger partial charge in [-0.05, 0) is 25.1 Å². The quantitative estimate of drug-likeness (QED) is 0.910. The van der Waals surface area contributed by atoms with E-state index in [2.05, 4.69) is 4.98 Å². The topological polar surface area (TPSA) is 56.5 Å². The molecule has 3 rings (SSSR count). The minimum absolute atomic E-state index is 0.146. The Balaban J connectivity index is 2.05. The van der Waals surface area contributed by atoms with Gasteiger partial charge in [-0.25, -0.2) is 4.98 Å². The molecule has 3 atom stereocenters. The van der Waals surface area contributed by atoms with Crippen LogP contribution in [0.1, 0.15) is 30.3 Å². The van der Waals surface area contributed by atoms with Crippen LogP contribution in [0.5, 0.6) is 11.5 Å². The van der Waals surface area contributed by atoms with Crippen molar-refractivity contribution in [1.82, 2.24) is 9.55 Å². The Morgan fingerprint density at radius 3 is 2.85 bits per heavy atom. The van der Waals surface area contributed by atoms with Crippen LogP contribution in [-0.2, 0) is 7.05 Å². The first kappa shape index (κ1) is 13.0. The van der Waals surface area contributed by atoms with E-state index < -0.39 is 6.10 Å². The van der Waals surface area contributed by atoms with Crippen molar-refractivity contribution in [3.8, 4) is 11.5 Å². The summed E-state index contributed by atoms with van der Waals surface area (Å²) in [6.45, 7) is 1.95. The summed E-state index contributed by atoms with van der Waals surface area (Å²) in [6, 6.07) is 5.49. The molecule has 1 aromatic carbocycles. The van der Waals surface area contributed by atoms with E-state index in [1.165, 1.54) is 0 Å². The van der Waals surface area contributed by atoms with Gasteiger partial charge in [0.1, 0.15) is 23.4 Å². The highest BCUT2D eigenvalue weighted by Gasteiger charge is 2.38. The van der Waals surface area contributed by atoms with E-state index in [0.29, 0.717) is 11.5 Å². The fourth-order valence-electron chi connectivity index (χ4n) is 2.77. The highest BCUT2D eigenvalue weighted by molar-refractivity contribution is 5.44. The van der Waals surface area contributed by atoms with E-state index >= 15 is 0 Å². The van der Waals surface area contributed by atoms with Crippen LogP contribution in [0, 0.1) is 0 Å². The van der Waals surface area contributed by atoms with Gasteiger partial charge in [0.25, 0.3) is 0 Å². The van der Waals surface area contributed by atoms with Gasteiger partial charge in [0.2, 0.25) is 0 Å². The van der Waals surface area contributed by atoms with Crippen LogP contribution in [0.2, 0.25) is 0 Å². The second kappa shape index (κ2) is 4.83. The number of aliphatic hydroxyl groups excluding tert-OH is 1. The number of nitrogens with zero attached hydrogens (tertiary/aromatic N) is 2. The van der Waals surface area contributed by atoms with E-state index in [9.17, 15) is 5.11 Å². The Bertz CT molecular complexity index is 623. The summed E-state index contributed by atoms with van der Waals surface area (Å²) in [4.78, 5) is 4.35. The summed E-state index contributed by atoms with van der Waals surface area (Å²) in [7, 11) is 3.53. The lowest BCUT2D eigenvalue weighted by Gasteiger charge is -2.35. The van der Waals surface area contributed by atoms with Crippen molar-refractivity contribution in [3.63, 3.8) is 0 Å². The first-order valence-electron chi connectivity index (χ1n) is 6.61. The molecule has 0 aliphatic carbocycles. The summed E-state index contributed by atoms with van der Waals surface area (Å²) < 4.78 is 13.1. The number of ether oxygens (including phenoxy) is 2. The molecule has 1 N–H and O–H groups in total. The molecule has 0 unspecified atom stereocenters. The van der Waals surface area contributed by atoms with Gasteiger partial charge in [0.15, 0.2) is 0 Å². The number of benzene rings is 1. The van der Waals surface area contributed by atoms with E-state index in [1.807, 2.05) is 42.9 Å². The van der Waals surface area contributed by atoms with Crippen LogP contribution >= 0.6 is 0 Å². The summed E-state index contributed by atoms with van der Waals surface area (Å²) in [5.74, 6) is 2.03. The molecule has 0 bridgehead atoms. The number of methoxy groups -OCH3 is 1. The molecule has 2 aromatic rings. The molecule has 0 spiro atoms. The summed E-state index contributed by atoms with van der Waals surface area (Å²) >= 11 is 0. The first-order chi connectivity index (χ1) is 9.61. The molecule has 1 aliphatic heterocycles. The van der Waals surface area contributed by atoms with Gasteiger partial charge in [-0.1, -0.05) is 0 Å². The number of aromatic nitrogens is 2. The summed E-state index contributed by atoms with van der Waals surface area (Å²) in [5, 5.41) is 10.7. The smallest absolute Gasteiger partial charge is 0.125 e. The van der Waals surface area contributed by atoms with E-state index in [4.69, 9.17) is 9.47 Å². The number of imidazole rings is 1. The molecular weight excluding hydrogens is 256 g/mol. The molecule has 1 aliphatic rings. The fraction of sp³-hybridized carbons (Fsp3) is 0.400. The third-order valence-electron chi connectivity index (χ3n) is 3.85. The molecule has 5 heteroatoms. The van der Waals surface area contributed by atoms with Crippen molar-refractivity contribution in [2.24, 2.45) is 7.05 Å². The van der Waals surface area contributed by atoms with Crippen LogP contribution in [0.25, 0.3) is 0 Å². The Hall–Kier alpha value is -2.01. The zero-order valence-electron chi connectivity index (χ0n) is 11.8. The lowest BCUT2D eigenvalue weighted by molar-refractivity contribution is 0.0423. The van der Waals surface area contributed by atoms with Gasteiger partial charge in [-0.15, -0.1) is 0 Å². The second-order valence-corrected chi connectivity index (χ2v) is 5.09. The van der Waals surface area contributed by atoms with Crippen LogP contribution in [0.15, 0.2) is 30.6 Å². The highest BCUT2D eigenvalue weighted by atomic mass is 16.5. The third-order valence-corrected chi connectivity index (χ3v) is 3.85. The predicted octanol–water partition coefficient (Wildman–Crippen LogP) is 2.03. The predicted molar refractivity (Wildman–Crippen MR) is 74.0 cm³/mol. The molecule has 5 nitrogen and oxygen atoms in total. The molecule has 0 fully saturated rings. The van der Waals surface area contributed by atoms with Gasteiger partial charge in [0, 0.05) is 25.0 Å². The molecule has 106 valence electrons. The number of fused-ring (bicyclic) bond motifs is 1. The van der Waals surface area contributed by atoms with Crippen LogP contribution in [-0.4, -0.2) is 27.9 Å². The molecule has 0 saturated heterocycles. The van der Waals surface area contributed by atoms with Crippen molar-refractivity contribution >= 4 is 0 Å². The number of rotatable bonds is 2. The minimum Gasteiger partial charge on any atom is -0.497 e. The number of hydrogen-bond acceptors (Lipinski definition) is 4. The molecule has 0 saturated carbocycles. The lowest BCUT2D eigenvalue weighted by atomic mass is 9.87. The first-order valence-corrected chi connectivity index (χ1v) is 6.61. The fourth-order valence-corrected chi connectivity index (χ4v) is 2.77. The van der Waals surface area contributed by atoms with E-state index in [-0.39, 0.29) is 12.0 Å². The van der Waals surface area contributed by atoms with Crippen molar-refractivity contribution in [2.75, 3.05) is 7.11 Å². The summed E-state index contributed by atoms with van der Waals surface area (Å²) in [6.07, 6.45) is 2.79. The normalized spacial score (nSPS) is 24.9. The third kappa shape index (κ3) is 1.94. The van der Waals surface area contributed by atoms with Gasteiger partial charge in [-0.3, -0.25) is 0 Å². The van der Waals surface area contributed by atoms with Gasteiger partial charge in [-0.2, -0.15) is 0 Å². The standard InChI is InChI=1S/C15H18N2O3/c1-9-13(15-16-6-7-17(15)2)14(18)11-8-10(19-3)4-5-12(11)20-9/h4-9,13-14,18H,1-3H3/t9-,13-,14-/m1/s1. The minimum atomic E-state index is -0.662. The molecule has 0 radical (unpaired) electrons. The van der Waals surface area contributed by atoms with Gasteiger partial charge < -0.3 is 19.1 Å². The average Bonchev–Trinajstić information content (AvgIpc) is 2.85. The monoisotopic (exact) mass is 274 g/mol. The van der Waals surface area contributed by atoms with Crippen molar-refractivity contribution in [1.29, 1.82) is 0 Å². The molecule has 1 aromatic heterocycles. The molecular formula is C15H18N2O3. The average molecular weight is 274 g/mol. The molecule has 0 amide bonds. The largest absolute Gasteiger partial charge is 0.497 e. The Morgan fingerprint density at radius 1 is 1.40 bits per heavy atom. The van der Waals surface area contributed by atoms with Crippen LogP contribution < -0.4 is 9.47 Å². The zero-order chi connectivity index (χ0) is 14.3. The van der Waals surface area contributed by atoms with Crippen molar-refractivity contribution in [2.45, 2.75) is 25.0 Å².